The summed E-state index contributed by atoms with van der Waals surface area (Å²) in [4.78, 5) is 18.6. The topological polar surface area (TPSA) is 51.7 Å². The van der Waals surface area contributed by atoms with Crippen molar-refractivity contribution in [3.8, 4) is 5.75 Å². The number of hydrogen-bond acceptors (Lipinski definition) is 4. The van der Waals surface area contributed by atoms with E-state index in [0.29, 0.717) is 32.0 Å². The molecule has 0 atom stereocenters. The van der Waals surface area contributed by atoms with E-state index in [0.717, 1.165) is 16.7 Å². The standard InChI is InChI=1S/C15H16N2O3/c1-19-12-3-5-13-11(10-12)2-4-14(16-13)15(18)17-6-8-20-9-7-17/h2-5,10H,6-9H2,1H3. The molecule has 5 heteroatoms. The van der Waals surface area contributed by atoms with E-state index in [1.165, 1.54) is 0 Å². The van der Waals surface area contributed by atoms with E-state index in [2.05, 4.69) is 4.98 Å². The zero-order valence-corrected chi connectivity index (χ0v) is 11.3. The second-order valence-corrected chi connectivity index (χ2v) is 4.66. The molecule has 0 saturated carbocycles. The first-order valence-corrected chi connectivity index (χ1v) is 6.60. The molecule has 0 radical (unpaired) electrons. The molecule has 1 aliphatic heterocycles. The molecular weight excluding hydrogens is 256 g/mol. The Bertz CT molecular complexity index is 636. The molecule has 5 nitrogen and oxygen atoms in total. The predicted molar refractivity (Wildman–Crippen MR) is 75.0 cm³/mol. The van der Waals surface area contributed by atoms with Crippen molar-refractivity contribution < 1.29 is 14.3 Å². The van der Waals surface area contributed by atoms with Gasteiger partial charge in [0.25, 0.3) is 5.91 Å². The fourth-order valence-corrected chi connectivity index (χ4v) is 2.28. The van der Waals surface area contributed by atoms with Crippen LogP contribution in [-0.4, -0.2) is 49.2 Å². The van der Waals surface area contributed by atoms with Crippen LogP contribution in [0.5, 0.6) is 5.75 Å². The van der Waals surface area contributed by atoms with Gasteiger partial charge in [-0.3, -0.25) is 4.79 Å². The van der Waals surface area contributed by atoms with Crippen molar-refractivity contribution in [2.45, 2.75) is 0 Å². The summed E-state index contributed by atoms with van der Waals surface area (Å²) in [7, 11) is 1.63. The third kappa shape index (κ3) is 2.44. The number of hydrogen-bond donors (Lipinski definition) is 0. The summed E-state index contributed by atoms with van der Waals surface area (Å²) in [5.41, 5.74) is 1.27. The quantitative estimate of drug-likeness (QED) is 0.835. The minimum atomic E-state index is -0.0361. The van der Waals surface area contributed by atoms with Crippen LogP contribution in [0.2, 0.25) is 0 Å². The zero-order valence-electron chi connectivity index (χ0n) is 11.3. The average Bonchev–Trinajstić information content (AvgIpc) is 2.54. The second kappa shape index (κ2) is 5.46. The Hall–Kier alpha value is -2.14. The van der Waals surface area contributed by atoms with Gasteiger partial charge in [-0.2, -0.15) is 0 Å². The molecule has 0 spiro atoms. The Balaban J connectivity index is 1.90. The predicted octanol–water partition coefficient (Wildman–Crippen LogP) is 1.72. The van der Waals surface area contributed by atoms with Crippen LogP contribution < -0.4 is 4.74 Å². The fraction of sp³-hybridized carbons (Fsp3) is 0.333. The van der Waals surface area contributed by atoms with Gasteiger partial charge in [0.1, 0.15) is 11.4 Å². The SMILES string of the molecule is COc1ccc2nc(C(=O)N3CCOCC3)ccc2c1. The van der Waals surface area contributed by atoms with E-state index in [-0.39, 0.29) is 5.91 Å². The number of benzene rings is 1. The van der Waals surface area contributed by atoms with E-state index in [4.69, 9.17) is 9.47 Å². The lowest BCUT2D eigenvalue weighted by Crippen LogP contribution is -2.41. The molecule has 104 valence electrons. The molecule has 0 unspecified atom stereocenters. The Morgan fingerprint density at radius 1 is 1.25 bits per heavy atom. The van der Waals surface area contributed by atoms with E-state index in [1.807, 2.05) is 24.3 Å². The van der Waals surface area contributed by atoms with Gasteiger partial charge in [0.15, 0.2) is 0 Å². The number of nitrogens with zero attached hydrogens (tertiary/aromatic N) is 2. The van der Waals surface area contributed by atoms with Crippen molar-refractivity contribution in [3.05, 3.63) is 36.0 Å². The molecule has 1 aliphatic rings. The summed E-state index contributed by atoms with van der Waals surface area (Å²) in [6, 6.07) is 9.28. The second-order valence-electron chi connectivity index (χ2n) is 4.66. The Labute approximate surface area is 117 Å². The minimum absolute atomic E-state index is 0.0361. The first-order chi connectivity index (χ1) is 9.78. The van der Waals surface area contributed by atoms with Crippen LogP contribution in [0.15, 0.2) is 30.3 Å². The third-order valence-electron chi connectivity index (χ3n) is 3.41. The molecule has 1 aromatic carbocycles. The molecule has 1 fully saturated rings. The molecule has 1 aromatic heterocycles. The Morgan fingerprint density at radius 2 is 2.05 bits per heavy atom. The van der Waals surface area contributed by atoms with Gasteiger partial charge >= 0.3 is 0 Å². The number of fused-ring (bicyclic) bond motifs is 1. The van der Waals surface area contributed by atoms with Crippen LogP contribution in [0, 0.1) is 0 Å². The summed E-state index contributed by atoms with van der Waals surface area (Å²) in [6.45, 7) is 2.44. The van der Waals surface area contributed by atoms with Crippen LogP contribution >= 0.6 is 0 Å². The number of amides is 1. The fourth-order valence-electron chi connectivity index (χ4n) is 2.28. The average molecular weight is 272 g/mol. The lowest BCUT2D eigenvalue weighted by atomic mass is 10.2. The smallest absolute Gasteiger partial charge is 0.272 e. The number of carbonyl (C=O) groups is 1. The van der Waals surface area contributed by atoms with Gasteiger partial charge in [-0.25, -0.2) is 4.98 Å². The number of methoxy groups -OCH3 is 1. The van der Waals surface area contributed by atoms with Gasteiger partial charge in [-0.1, -0.05) is 6.07 Å². The van der Waals surface area contributed by atoms with Gasteiger partial charge < -0.3 is 14.4 Å². The van der Waals surface area contributed by atoms with Crippen molar-refractivity contribution in [2.24, 2.45) is 0 Å². The number of aromatic nitrogens is 1. The van der Waals surface area contributed by atoms with Crippen LogP contribution in [0.3, 0.4) is 0 Å². The molecule has 20 heavy (non-hydrogen) atoms. The normalized spacial score (nSPS) is 15.3. The van der Waals surface area contributed by atoms with E-state index in [1.54, 1.807) is 18.1 Å². The van der Waals surface area contributed by atoms with Crippen molar-refractivity contribution in [1.82, 2.24) is 9.88 Å². The summed E-state index contributed by atoms with van der Waals surface area (Å²) in [5.74, 6) is 0.748. The maximum Gasteiger partial charge on any atom is 0.272 e. The highest BCUT2D eigenvalue weighted by Gasteiger charge is 2.19. The van der Waals surface area contributed by atoms with Crippen molar-refractivity contribution >= 4 is 16.8 Å². The zero-order chi connectivity index (χ0) is 13.9. The first-order valence-electron chi connectivity index (χ1n) is 6.60. The highest BCUT2D eigenvalue weighted by atomic mass is 16.5. The Kier molecular flexibility index (Phi) is 3.52. The third-order valence-corrected chi connectivity index (χ3v) is 3.41. The van der Waals surface area contributed by atoms with Gasteiger partial charge in [0.2, 0.25) is 0 Å². The number of pyridine rings is 1. The highest BCUT2D eigenvalue weighted by Crippen LogP contribution is 2.20. The lowest BCUT2D eigenvalue weighted by molar-refractivity contribution is 0.0299. The molecule has 0 aliphatic carbocycles. The maximum absolute atomic E-state index is 12.3. The molecule has 2 aromatic rings. The number of morpholine rings is 1. The van der Waals surface area contributed by atoms with E-state index >= 15 is 0 Å². The van der Waals surface area contributed by atoms with Crippen LogP contribution in [0.25, 0.3) is 10.9 Å². The number of carbonyl (C=O) groups excluding carboxylic acids is 1. The lowest BCUT2D eigenvalue weighted by Gasteiger charge is -2.26. The van der Waals surface area contributed by atoms with Gasteiger partial charge in [-0.05, 0) is 24.3 Å². The van der Waals surface area contributed by atoms with E-state index < -0.39 is 0 Å². The molecule has 1 amide bonds. The van der Waals surface area contributed by atoms with Gasteiger partial charge in [0.05, 0.1) is 25.8 Å². The monoisotopic (exact) mass is 272 g/mol. The van der Waals surface area contributed by atoms with Crippen molar-refractivity contribution in [1.29, 1.82) is 0 Å². The summed E-state index contributed by atoms with van der Waals surface area (Å²) < 4.78 is 10.4. The largest absolute Gasteiger partial charge is 0.497 e. The molecule has 0 bridgehead atoms. The number of rotatable bonds is 2. The molecule has 1 saturated heterocycles. The van der Waals surface area contributed by atoms with Crippen LogP contribution in [-0.2, 0) is 4.74 Å². The van der Waals surface area contributed by atoms with Gasteiger partial charge in [0, 0.05) is 18.5 Å². The molecular formula is C15H16N2O3. The van der Waals surface area contributed by atoms with Crippen LogP contribution in [0.4, 0.5) is 0 Å². The van der Waals surface area contributed by atoms with Crippen LogP contribution in [0.1, 0.15) is 10.5 Å². The minimum Gasteiger partial charge on any atom is -0.497 e. The van der Waals surface area contributed by atoms with Crippen molar-refractivity contribution in [3.63, 3.8) is 0 Å². The summed E-state index contributed by atoms with van der Waals surface area (Å²) in [6.07, 6.45) is 0. The molecule has 0 N–H and O–H groups in total. The summed E-state index contributed by atoms with van der Waals surface area (Å²) in [5, 5.41) is 0.961. The summed E-state index contributed by atoms with van der Waals surface area (Å²) >= 11 is 0. The highest BCUT2D eigenvalue weighted by molar-refractivity contribution is 5.95. The van der Waals surface area contributed by atoms with E-state index in [9.17, 15) is 4.79 Å². The Morgan fingerprint density at radius 3 is 2.80 bits per heavy atom. The molecule has 2 heterocycles. The van der Waals surface area contributed by atoms with Crippen molar-refractivity contribution in [2.75, 3.05) is 33.4 Å². The van der Waals surface area contributed by atoms with Gasteiger partial charge in [-0.15, -0.1) is 0 Å². The number of ether oxygens (including phenoxy) is 2. The first kappa shape index (κ1) is 12.9. The maximum atomic E-state index is 12.3. The molecule has 3 rings (SSSR count).